The second kappa shape index (κ2) is 5.81. The van der Waals surface area contributed by atoms with E-state index in [1.165, 1.54) is 17.2 Å². The molecule has 2 rings (SSSR count). The van der Waals surface area contributed by atoms with Crippen molar-refractivity contribution in [3.8, 4) is 0 Å². The van der Waals surface area contributed by atoms with Gasteiger partial charge in [0.15, 0.2) is 0 Å². The van der Waals surface area contributed by atoms with Gasteiger partial charge in [0.05, 0.1) is 6.20 Å². The standard InChI is InChI=1S/C12H15F2N5O/c1-3-18-8-9(6-16-18)7-17(2)11(20)10-4-5-15-19(10)12(13)14/h4-6,8,12H,3,7H2,1-2H3. The highest BCUT2D eigenvalue weighted by Gasteiger charge is 2.21. The molecule has 0 aliphatic rings. The summed E-state index contributed by atoms with van der Waals surface area (Å²) in [5.41, 5.74) is 0.705. The monoisotopic (exact) mass is 283 g/mol. The molecule has 0 radical (unpaired) electrons. The molecule has 0 unspecified atom stereocenters. The molecule has 0 N–H and O–H groups in total. The maximum absolute atomic E-state index is 12.7. The van der Waals surface area contributed by atoms with Gasteiger partial charge in [-0.2, -0.15) is 23.7 Å². The van der Waals surface area contributed by atoms with Crippen molar-refractivity contribution in [2.24, 2.45) is 0 Å². The Morgan fingerprint density at radius 2 is 2.20 bits per heavy atom. The van der Waals surface area contributed by atoms with Crippen LogP contribution in [0.3, 0.4) is 0 Å². The number of aryl methyl sites for hydroxylation is 1. The molecule has 0 bridgehead atoms. The number of carbonyl (C=O) groups is 1. The molecule has 2 aromatic rings. The Bertz CT molecular complexity index is 592. The van der Waals surface area contributed by atoms with Crippen LogP contribution in [0.25, 0.3) is 0 Å². The van der Waals surface area contributed by atoms with Crippen molar-refractivity contribution in [1.82, 2.24) is 24.5 Å². The Labute approximate surface area is 114 Å². The summed E-state index contributed by atoms with van der Waals surface area (Å²) in [5, 5.41) is 7.54. The zero-order valence-corrected chi connectivity index (χ0v) is 11.2. The molecule has 0 saturated heterocycles. The minimum atomic E-state index is -2.83. The minimum absolute atomic E-state index is 0.134. The van der Waals surface area contributed by atoms with E-state index in [0.717, 1.165) is 12.1 Å². The third kappa shape index (κ3) is 2.84. The lowest BCUT2D eigenvalue weighted by atomic mass is 10.3. The second-order valence-electron chi connectivity index (χ2n) is 4.30. The molecular formula is C12H15F2N5O. The van der Waals surface area contributed by atoms with Crippen LogP contribution in [0, 0.1) is 0 Å². The average Bonchev–Trinajstić information content (AvgIpc) is 3.06. The van der Waals surface area contributed by atoms with Gasteiger partial charge in [0.1, 0.15) is 5.69 Å². The zero-order valence-electron chi connectivity index (χ0n) is 11.2. The number of hydrogen-bond acceptors (Lipinski definition) is 3. The topological polar surface area (TPSA) is 56.0 Å². The number of rotatable bonds is 5. The van der Waals surface area contributed by atoms with Gasteiger partial charge >= 0.3 is 6.55 Å². The Hall–Kier alpha value is -2.25. The normalized spacial score (nSPS) is 11.1. The van der Waals surface area contributed by atoms with E-state index in [9.17, 15) is 13.6 Å². The fourth-order valence-corrected chi connectivity index (χ4v) is 1.84. The van der Waals surface area contributed by atoms with E-state index in [1.807, 2.05) is 13.1 Å². The van der Waals surface area contributed by atoms with Gasteiger partial charge in [0.25, 0.3) is 5.91 Å². The molecule has 2 heterocycles. The highest BCUT2D eigenvalue weighted by atomic mass is 19.3. The summed E-state index contributed by atoms with van der Waals surface area (Å²) in [6, 6.07) is 1.28. The number of carbonyl (C=O) groups excluding carboxylic acids is 1. The predicted molar refractivity (Wildman–Crippen MR) is 67.2 cm³/mol. The first-order valence-corrected chi connectivity index (χ1v) is 6.11. The number of halogens is 2. The fraction of sp³-hybridized carbons (Fsp3) is 0.417. The van der Waals surface area contributed by atoms with E-state index in [1.54, 1.807) is 17.9 Å². The molecule has 0 fully saturated rings. The summed E-state index contributed by atoms with van der Waals surface area (Å²) >= 11 is 0. The molecule has 6 nitrogen and oxygen atoms in total. The summed E-state index contributed by atoms with van der Waals surface area (Å²) in [7, 11) is 1.55. The molecule has 0 spiro atoms. The summed E-state index contributed by atoms with van der Waals surface area (Å²) in [5.74, 6) is -0.507. The Morgan fingerprint density at radius 1 is 1.45 bits per heavy atom. The molecule has 0 saturated carbocycles. The van der Waals surface area contributed by atoms with Gasteiger partial charge in [0, 0.05) is 38.1 Å². The quantitative estimate of drug-likeness (QED) is 0.840. The van der Waals surface area contributed by atoms with Crippen LogP contribution in [-0.4, -0.2) is 37.4 Å². The molecule has 0 aromatic carbocycles. The van der Waals surface area contributed by atoms with Gasteiger partial charge in [-0.3, -0.25) is 9.48 Å². The van der Waals surface area contributed by atoms with Crippen LogP contribution >= 0.6 is 0 Å². The van der Waals surface area contributed by atoms with Gasteiger partial charge in [0.2, 0.25) is 0 Å². The largest absolute Gasteiger partial charge is 0.336 e. The van der Waals surface area contributed by atoms with Crippen LogP contribution in [0.4, 0.5) is 8.78 Å². The molecule has 20 heavy (non-hydrogen) atoms. The van der Waals surface area contributed by atoms with Crippen molar-refractivity contribution in [2.75, 3.05) is 7.05 Å². The molecule has 0 atom stereocenters. The van der Waals surface area contributed by atoms with Crippen molar-refractivity contribution in [1.29, 1.82) is 0 Å². The Kier molecular flexibility index (Phi) is 4.11. The third-order valence-corrected chi connectivity index (χ3v) is 2.85. The van der Waals surface area contributed by atoms with E-state index in [-0.39, 0.29) is 5.69 Å². The van der Waals surface area contributed by atoms with Crippen molar-refractivity contribution in [2.45, 2.75) is 26.6 Å². The lowest BCUT2D eigenvalue weighted by Crippen LogP contribution is -2.28. The smallest absolute Gasteiger partial charge is 0.333 e. The van der Waals surface area contributed by atoms with Gasteiger partial charge in [-0.05, 0) is 13.0 Å². The molecule has 2 aromatic heterocycles. The first-order valence-electron chi connectivity index (χ1n) is 6.11. The third-order valence-electron chi connectivity index (χ3n) is 2.85. The number of aromatic nitrogens is 4. The molecule has 108 valence electrons. The number of amides is 1. The van der Waals surface area contributed by atoms with Crippen LogP contribution in [0.15, 0.2) is 24.7 Å². The highest BCUT2D eigenvalue weighted by Crippen LogP contribution is 2.14. The summed E-state index contributed by atoms with van der Waals surface area (Å²) < 4.78 is 27.5. The maximum Gasteiger partial charge on any atom is 0.333 e. The van der Waals surface area contributed by atoms with E-state index in [4.69, 9.17) is 0 Å². The van der Waals surface area contributed by atoms with Crippen LogP contribution in [0.5, 0.6) is 0 Å². The van der Waals surface area contributed by atoms with E-state index in [0.29, 0.717) is 11.2 Å². The van der Waals surface area contributed by atoms with Crippen LogP contribution in [0.2, 0.25) is 0 Å². The van der Waals surface area contributed by atoms with Gasteiger partial charge in [-0.15, -0.1) is 0 Å². The molecule has 1 amide bonds. The fourth-order valence-electron chi connectivity index (χ4n) is 1.84. The summed E-state index contributed by atoms with van der Waals surface area (Å²) in [6.07, 6.45) is 4.65. The zero-order chi connectivity index (χ0) is 14.7. The van der Waals surface area contributed by atoms with Crippen LogP contribution < -0.4 is 0 Å². The van der Waals surface area contributed by atoms with Gasteiger partial charge in [-0.25, -0.2) is 0 Å². The molecule has 8 heteroatoms. The number of nitrogens with zero attached hydrogens (tertiary/aromatic N) is 5. The van der Waals surface area contributed by atoms with E-state index in [2.05, 4.69) is 10.2 Å². The van der Waals surface area contributed by atoms with E-state index >= 15 is 0 Å². The maximum atomic E-state index is 12.7. The summed E-state index contributed by atoms with van der Waals surface area (Å²) in [4.78, 5) is 13.5. The molecule has 0 aliphatic carbocycles. The first kappa shape index (κ1) is 14.2. The van der Waals surface area contributed by atoms with Crippen LogP contribution in [-0.2, 0) is 13.1 Å². The number of hydrogen-bond donors (Lipinski definition) is 0. The summed E-state index contributed by atoms with van der Waals surface area (Å²) in [6.45, 7) is 0.149. The number of alkyl halides is 2. The van der Waals surface area contributed by atoms with Crippen molar-refractivity contribution >= 4 is 5.91 Å². The molecule has 0 aliphatic heterocycles. The van der Waals surface area contributed by atoms with Crippen LogP contribution in [0.1, 0.15) is 29.5 Å². The van der Waals surface area contributed by atoms with Crippen molar-refractivity contribution in [3.05, 3.63) is 35.9 Å². The lowest BCUT2D eigenvalue weighted by molar-refractivity contribution is 0.0472. The Balaban J connectivity index is 2.10. The SMILES string of the molecule is CCn1cc(CN(C)C(=O)c2ccnn2C(F)F)cn1. The van der Waals surface area contributed by atoms with Crippen molar-refractivity contribution < 1.29 is 13.6 Å². The minimum Gasteiger partial charge on any atom is -0.336 e. The lowest BCUT2D eigenvalue weighted by Gasteiger charge is -2.16. The highest BCUT2D eigenvalue weighted by molar-refractivity contribution is 5.92. The second-order valence-corrected chi connectivity index (χ2v) is 4.30. The first-order chi connectivity index (χ1) is 9.52. The van der Waals surface area contributed by atoms with E-state index < -0.39 is 12.5 Å². The molecular weight excluding hydrogens is 268 g/mol. The van der Waals surface area contributed by atoms with Gasteiger partial charge < -0.3 is 4.90 Å². The Morgan fingerprint density at radius 3 is 2.80 bits per heavy atom. The average molecular weight is 283 g/mol. The van der Waals surface area contributed by atoms with Gasteiger partial charge in [-0.1, -0.05) is 0 Å². The predicted octanol–water partition coefficient (Wildman–Crippen LogP) is 1.77. The van der Waals surface area contributed by atoms with Crippen molar-refractivity contribution in [3.63, 3.8) is 0 Å².